The van der Waals surface area contributed by atoms with Crippen LogP contribution < -0.4 is 5.32 Å². The quantitative estimate of drug-likeness (QED) is 0.807. The van der Waals surface area contributed by atoms with Crippen molar-refractivity contribution < 1.29 is 18.7 Å². The molecule has 0 aliphatic rings. The summed E-state index contributed by atoms with van der Waals surface area (Å²) in [4.78, 5) is 23.5. The maximum absolute atomic E-state index is 13.4. The molecule has 0 aromatic heterocycles. The molecule has 1 amide bonds. The first-order valence-electron chi connectivity index (χ1n) is 6.14. The number of carbonyl (C=O) groups is 2. The van der Waals surface area contributed by atoms with E-state index in [0.717, 1.165) is 0 Å². The molecule has 0 atom stereocenters. The van der Waals surface area contributed by atoms with Crippen LogP contribution in [0, 0.1) is 5.82 Å². The number of hydrogen-bond acceptors (Lipinski definition) is 3. The number of benzene rings is 2. The van der Waals surface area contributed by atoms with Crippen LogP contribution in [0.2, 0.25) is 5.02 Å². The van der Waals surface area contributed by atoms with Gasteiger partial charge in [0, 0.05) is 4.47 Å². The van der Waals surface area contributed by atoms with E-state index >= 15 is 0 Å². The second-order valence-electron chi connectivity index (χ2n) is 4.23. The number of rotatable bonds is 4. The predicted octanol–water partition coefficient (Wildman–Crippen LogP) is 4.04. The third kappa shape index (κ3) is 4.29. The van der Waals surface area contributed by atoms with E-state index in [4.69, 9.17) is 16.3 Å². The Bertz CT molecular complexity index is 724. The van der Waals surface area contributed by atoms with Crippen LogP contribution in [-0.2, 0) is 9.53 Å². The third-order valence-corrected chi connectivity index (χ3v) is 3.45. The lowest BCUT2D eigenvalue weighted by Gasteiger charge is -2.08. The Hall–Kier alpha value is -1.92. The molecular formula is C15H10BrClFNO3. The van der Waals surface area contributed by atoms with Crippen molar-refractivity contribution in [3.05, 3.63) is 63.3 Å². The Morgan fingerprint density at radius 3 is 2.68 bits per heavy atom. The van der Waals surface area contributed by atoms with Gasteiger partial charge >= 0.3 is 5.97 Å². The van der Waals surface area contributed by atoms with Gasteiger partial charge < -0.3 is 10.1 Å². The topological polar surface area (TPSA) is 55.4 Å². The van der Waals surface area contributed by atoms with Gasteiger partial charge in [-0.2, -0.15) is 0 Å². The fraction of sp³-hybridized carbons (Fsp3) is 0.0667. The van der Waals surface area contributed by atoms with Crippen molar-refractivity contribution in [3.8, 4) is 0 Å². The van der Waals surface area contributed by atoms with Gasteiger partial charge in [0.2, 0.25) is 0 Å². The number of esters is 1. The van der Waals surface area contributed by atoms with Gasteiger partial charge in [0.1, 0.15) is 5.82 Å². The van der Waals surface area contributed by atoms with Crippen LogP contribution in [0.1, 0.15) is 10.4 Å². The van der Waals surface area contributed by atoms with Crippen molar-refractivity contribution in [2.45, 2.75) is 0 Å². The van der Waals surface area contributed by atoms with Crippen molar-refractivity contribution in [2.75, 3.05) is 11.9 Å². The van der Waals surface area contributed by atoms with Gasteiger partial charge in [-0.1, -0.05) is 39.7 Å². The molecule has 0 bridgehead atoms. The van der Waals surface area contributed by atoms with Crippen LogP contribution >= 0.6 is 27.5 Å². The van der Waals surface area contributed by atoms with Gasteiger partial charge in [0.15, 0.2) is 6.61 Å². The summed E-state index contributed by atoms with van der Waals surface area (Å²) in [5, 5.41) is 2.52. The van der Waals surface area contributed by atoms with Crippen LogP contribution in [-0.4, -0.2) is 18.5 Å². The van der Waals surface area contributed by atoms with Gasteiger partial charge in [0.05, 0.1) is 16.3 Å². The fourth-order valence-electron chi connectivity index (χ4n) is 1.61. The Labute approximate surface area is 139 Å². The molecule has 0 spiro atoms. The highest BCUT2D eigenvalue weighted by molar-refractivity contribution is 9.10. The molecule has 1 N–H and O–H groups in total. The maximum atomic E-state index is 13.4. The number of nitrogens with one attached hydrogen (secondary N) is 1. The molecule has 0 radical (unpaired) electrons. The van der Waals surface area contributed by atoms with E-state index in [0.29, 0.717) is 4.47 Å². The lowest BCUT2D eigenvalue weighted by molar-refractivity contribution is -0.119. The summed E-state index contributed by atoms with van der Waals surface area (Å²) < 4.78 is 18.9. The molecular weight excluding hydrogens is 377 g/mol. The molecule has 0 aliphatic heterocycles. The number of halogens is 3. The summed E-state index contributed by atoms with van der Waals surface area (Å²) in [5.74, 6) is -1.96. The van der Waals surface area contributed by atoms with E-state index in [1.165, 1.54) is 30.3 Å². The molecule has 0 aliphatic carbocycles. The average molecular weight is 387 g/mol. The van der Waals surface area contributed by atoms with Crippen LogP contribution in [0.4, 0.5) is 10.1 Å². The molecule has 2 aromatic rings. The van der Waals surface area contributed by atoms with E-state index in [1.54, 1.807) is 12.1 Å². The Balaban J connectivity index is 1.95. The zero-order valence-corrected chi connectivity index (χ0v) is 13.4. The molecule has 0 saturated carbocycles. The van der Waals surface area contributed by atoms with Crippen molar-refractivity contribution >= 4 is 45.1 Å². The monoisotopic (exact) mass is 385 g/mol. The number of carbonyl (C=O) groups excluding carboxylic acids is 2. The van der Waals surface area contributed by atoms with Crippen LogP contribution in [0.5, 0.6) is 0 Å². The van der Waals surface area contributed by atoms with Crippen molar-refractivity contribution in [2.24, 2.45) is 0 Å². The van der Waals surface area contributed by atoms with Crippen LogP contribution in [0.25, 0.3) is 0 Å². The maximum Gasteiger partial charge on any atom is 0.340 e. The highest BCUT2D eigenvalue weighted by atomic mass is 79.9. The highest BCUT2D eigenvalue weighted by Gasteiger charge is 2.15. The number of hydrogen-bond donors (Lipinski definition) is 1. The molecule has 22 heavy (non-hydrogen) atoms. The van der Waals surface area contributed by atoms with Gasteiger partial charge in [-0.15, -0.1) is 0 Å². The van der Waals surface area contributed by atoms with Crippen molar-refractivity contribution in [1.29, 1.82) is 0 Å². The molecule has 0 saturated heterocycles. The lowest BCUT2D eigenvalue weighted by Crippen LogP contribution is -2.21. The summed E-state index contributed by atoms with van der Waals surface area (Å²) in [6.45, 7) is -0.546. The average Bonchev–Trinajstić information content (AvgIpc) is 2.49. The second-order valence-corrected chi connectivity index (χ2v) is 5.55. The first-order valence-corrected chi connectivity index (χ1v) is 7.31. The summed E-state index contributed by atoms with van der Waals surface area (Å²) in [6, 6.07) is 10.4. The second kappa shape index (κ2) is 7.38. The van der Waals surface area contributed by atoms with Crippen LogP contribution in [0.3, 0.4) is 0 Å². The van der Waals surface area contributed by atoms with E-state index < -0.39 is 24.3 Å². The SMILES string of the molecule is O=C(COC(=O)c1cc(Br)ccc1Cl)Nc1ccccc1F. The molecule has 2 rings (SSSR count). The van der Waals surface area contributed by atoms with Crippen molar-refractivity contribution in [1.82, 2.24) is 0 Å². The summed E-state index contributed by atoms with van der Waals surface area (Å²) >= 11 is 9.09. The fourth-order valence-corrected chi connectivity index (χ4v) is 2.17. The standard InChI is InChI=1S/C15H10BrClFNO3/c16-9-5-6-11(17)10(7-9)15(21)22-8-14(20)19-13-4-2-1-3-12(13)18/h1-7H,8H2,(H,19,20). The normalized spacial score (nSPS) is 10.1. The first-order chi connectivity index (χ1) is 10.5. The zero-order chi connectivity index (χ0) is 16.1. The summed E-state index contributed by atoms with van der Waals surface area (Å²) in [7, 11) is 0. The Morgan fingerprint density at radius 2 is 1.95 bits per heavy atom. The van der Waals surface area contributed by atoms with Gasteiger partial charge in [-0.25, -0.2) is 9.18 Å². The Kier molecular flexibility index (Phi) is 5.51. The van der Waals surface area contributed by atoms with E-state index in [9.17, 15) is 14.0 Å². The van der Waals surface area contributed by atoms with Crippen molar-refractivity contribution in [3.63, 3.8) is 0 Å². The molecule has 7 heteroatoms. The number of anilines is 1. The third-order valence-electron chi connectivity index (χ3n) is 2.63. The predicted molar refractivity (Wildman–Crippen MR) is 84.5 cm³/mol. The van der Waals surface area contributed by atoms with E-state index in [2.05, 4.69) is 21.2 Å². The molecule has 0 unspecified atom stereocenters. The summed E-state index contributed by atoms with van der Waals surface area (Å²) in [6.07, 6.45) is 0. The van der Waals surface area contributed by atoms with Crippen LogP contribution in [0.15, 0.2) is 46.9 Å². The first kappa shape index (κ1) is 16.5. The number of para-hydroxylation sites is 1. The molecule has 2 aromatic carbocycles. The minimum absolute atomic E-state index is 0.0176. The van der Waals surface area contributed by atoms with Gasteiger partial charge in [-0.05, 0) is 30.3 Å². The van der Waals surface area contributed by atoms with Gasteiger partial charge in [0.25, 0.3) is 5.91 Å². The Morgan fingerprint density at radius 1 is 1.23 bits per heavy atom. The minimum atomic E-state index is -0.741. The molecule has 0 fully saturated rings. The van der Waals surface area contributed by atoms with E-state index in [-0.39, 0.29) is 16.3 Å². The van der Waals surface area contributed by atoms with Gasteiger partial charge in [-0.3, -0.25) is 4.79 Å². The zero-order valence-electron chi connectivity index (χ0n) is 11.1. The smallest absolute Gasteiger partial charge is 0.340 e. The summed E-state index contributed by atoms with van der Waals surface area (Å²) in [5.41, 5.74) is 0.152. The lowest BCUT2D eigenvalue weighted by atomic mass is 10.2. The molecule has 4 nitrogen and oxygen atoms in total. The highest BCUT2D eigenvalue weighted by Crippen LogP contribution is 2.21. The largest absolute Gasteiger partial charge is 0.452 e. The molecule has 0 heterocycles. The molecule has 114 valence electrons. The minimum Gasteiger partial charge on any atom is -0.452 e. The number of amides is 1. The number of ether oxygens (including phenoxy) is 1. The van der Waals surface area contributed by atoms with E-state index in [1.807, 2.05) is 0 Å².